The largest absolute Gasteiger partial charge is 0.364 e. The lowest BCUT2D eigenvalue weighted by molar-refractivity contribution is -0.119. The zero-order valence-corrected chi connectivity index (χ0v) is 14.0. The molecule has 24 heavy (non-hydrogen) atoms. The van der Waals surface area contributed by atoms with E-state index in [1.54, 1.807) is 6.20 Å². The number of carbonyl (C=O) groups excluding carboxylic acids is 1. The Bertz CT molecular complexity index is 796. The fraction of sp³-hybridized carbons (Fsp3) is 0.286. The maximum Gasteiger partial charge on any atom is 0.241 e. The highest BCUT2D eigenvalue weighted by Crippen LogP contribution is 2.19. The molecule has 0 saturated heterocycles. The van der Waals surface area contributed by atoms with Gasteiger partial charge >= 0.3 is 0 Å². The van der Waals surface area contributed by atoms with E-state index >= 15 is 0 Å². The number of aryl methyl sites for hydroxylation is 1. The third-order valence-electron chi connectivity index (χ3n) is 3.07. The Labute approximate surface area is 143 Å². The molecule has 0 atom stereocenters. The molecule has 7 nitrogen and oxygen atoms in total. The summed E-state index contributed by atoms with van der Waals surface area (Å²) in [5.41, 5.74) is 0.915. The van der Waals surface area contributed by atoms with E-state index in [0.29, 0.717) is 19.4 Å². The minimum Gasteiger partial charge on any atom is -0.364 e. The first-order valence-electron chi connectivity index (χ1n) is 6.98. The van der Waals surface area contributed by atoms with Crippen LogP contribution in [0.3, 0.4) is 0 Å². The predicted molar refractivity (Wildman–Crippen MR) is 84.4 cm³/mol. The summed E-state index contributed by atoms with van der Waals surface area (Å²) in [6, 6.07) is 3.00. The van der Waals surface area contributed by atoms with Crippen LogP contribution >= 0.6 is 11.6 Å². The van der Waals surface area contributed by atoms with Gasteiger partial charge in [0.1, 0.15) is 12.1 Å². The van der Waals surface area contributed by atoms with Crippen molar-refractivity contribution >= 4 is 27.5 Å². The molecule has 1 aromatic heterocycles. The number of hydrogen-bond donors (Lipinski definition) is 2. The quantitative estimate of drug-likeness (QED) is 0.681. The minimum absolute atomic E-state index is 0.214. The van der Waals surface area contributed by atoms with Gasteiger partial charge in [0.05, 0.1) is 22.7 Å². The molecule has 2 rings (SSSR count). The van der Waals surface area contributed by atoms with Crippen molar-refractivity contribution in [1.29, 1.82) is 0 Å². The van der Waals surface area contributed by atoms with Crippen molar-refractivity contribution in [3.63, 3.8) is 0 Å². The number of nitrogens with zero attached hydrogens (tertiary/aromatic N) is 1. The summed E-state index contributed by atoms with van der Waals surface area (Å²) in [4.78, 5) is 11.4. The van der Waals surface area contributed by atoms with Crippen molar-refractivity contribution in [1.82, 2.24) is 15.2 Å². The van der Waals surface area contributed by atoms with Crippen molar-refractivity contribution in [2.75, 3.05) is 13.1 Å². The topological polar surface area (TPSA) is 101 Å². The van der Waals surface area contributed by atoms with E-state index in [1.165, 1.54) is 6.26 Å². The number of rotatable bonds is 8. The first-order chi connectivity index (χ1) is 11.4. The summed E-state index contributed by atoms with van der Waals surface area (Å²) in [5, 5.41) is 5.84. The summed E-state index contributed by atoms with van der Waals surface area (Å²) in [6.07, 6.45) is 4.45. The van der Waals surface area contributed by atoms with Gasteiger partial charge in [-0.3, -0.25) is 4.79 Å². The van der Waals surface area contributed by atoms with E-state index in [0.717, 1.165) is 23.8 Å². The first-order valence-corrected chi connectivity index (χ1v) is 8.84. The normalized spacial score (nSPS) is 11.4. The number of aromatic nitrogens is 1. The second kappa shape index (κ2) is 8.22. The zero-order valence-electron chi connectivity index (χ0n) is 12.5. The summed E-state index contributed by atoms with van der Waals surface area (Å²) in [5.74, 6) is -1.20. The van der Waals surface area contributed by atoms with Gasteiger partial charge in [0.25, 0.3) is 0 Å². The highest BCUT2D eigenvalue weighted by Gasteiger charge is 2.17. The second-order valence-electron chi connectivity index (χ2n) is 4.89. The van der Waals surface area contributed by atoms with Crippen LogP contribution in [0.4, 0.5) is 4.39 Å². The standard InChI is InChI=1S/C14H15ClFN3O4S/c15-12-6-11(3-4-13(12)16)24(21,22)19-8-14(20)17-5-1-2-10-7-18-23-9-10/h3-4,6-7,9,19H,1-2,5,8H2,(H,17,20). The highest BCUT2D eigenvalue weighted by molar-refractivity contribution is 7.89. The van der Waals surface area contributed by atoms with Crippen LogP contribution in [0.5, 0.6) is 0 Å². The van der Waals surface area contributed by atoms with Crippen LogP contribution in [0.15, 0.2) is 40.1 Å². The lowest BCUT2D eigenvalue weighted by atomic mass is 10.2. The molecular formula is C14H15ClFN3O4S. The number of nitrogens with one attached hydrogen (secondary N) is 2. The molecule has 1 aromatic carbocycles. The second-order valence-corrected chi connectivity index (χ2v) is 7.06. The maximum atomic E-state index is 13.1. The van der Waals surface area contributed by atoms with E-state index in [4.69, 9.17) is 11.6 Å². The van der Waals surface area contributed by atoms with Crippen molar-refractivity contribution in [2.45, 2.75) is 17.7 Å². The molecular weight excluding hydrogens is 361 g/mol. The molecule has 2 N–H and O–H groups in total. The van der Waals surface area contributed by atoms with E-state index in [-0.39, 0.29) is 9.92 Å². The van der Waals surface area contributed by atoms with Crippen LogP contribution in [-0.4, -0.2) is 32.6 Å². The molecule has 10 heteroatoms. The van der Waals surface area contributed by atoms with Gasteiger partial charge in [-0.05, 0) is 31.0 Å². The van der Waals surface area contributed by atoms with Crippen molar-refractivity contribution in [2.24, 2.45) is 0 Å². The Morgan fingerprint density at radius 2 is 2.17 bits per heavy atom. The summed E-state index contributed by atoms with van der Waals surface area (Å²) >= 11 is 5.55. The Morgan fingerprint density at radius 3 is 2.83 bits per heavy atom. The third kappa shape index (κ3) is 5.29. The molecule has 0 radical (unpaired) electrons. The molecule has 0 aliphatic heterocycles. The number of hydrogen-bond acceptors (Lipinski definition) is 5. The summed E-state index contributed by atoms with van der Waals surface area (Å²) in [6.45, 7) is -0.0429. The Hall–Kier alpha value is -1.97. The average molecular weight is 376 g/mol. The molecule has 0 aliphatic carbocycles. The van der Waals surface area contributed by atoms with Gasteiger partial charge in [0.2, 0.25) is 15.9 Å². The molecule has 0 fully saturated rings. The van der Waals surface area contributed by atoms with Gasteiger partial charge in [0, 0.05) is 12.1 Å². The maximum absolute atomic E-state index is 13.1. The fourth-order valence-electron chi connectivity index (χ4n) is 1.82. The lowest BCUT2D eigenvalue weighted by Crippen LogP contribution is -2.37. The van der Waals surface area contributed by atoms with Gasteiger partial charge < -0.3 is 9.84 Å². The fourth-order valence-corrected chi connectivity index (χ4v) is 3.07. The van der Waals surface area contributed by atoms with Gasteiger partial charge in [-0.15, -0.1) is 0 Å². The molecule has 1 heterocycles. The van der Waals surface area contributed by atoms with Crippen LogP contribution in [0.25, 0.3) is 0 Å². The van der Waals surface area contributed by atoms with Crippen LogP contribution < -0.4 is 10.0 Å². The number of carbonyl (C=O) groups is 1. The number of benzene rings is 1. The van der Waals surface area contributed by atoms with E-state index in [1.807, 2.05) is 0 Å². The van der Waals surface area contributed by atoms with Gasteiger partial charge in [-0.1, -0.05) is 16.8 Å². The van der Waals surface area contributed by atoms with Crippen LogP contribution in [-0.2, 0) is 21.2 Å². The van der Waals surface area contributed by atoms with Crippen molar-refractivity contribution in [3.8, 4) is 0 Å². The molecule has 130 valence electrons. The van der Waals surface area contributed by atoms with Gasteiger partial charge in [-0.25, -0.2) is 17.5 Å². The number of sulfonamides is 1. The highest BCUT2D eigenvalue weighted by atomic mass is 35.5. The molecule has 0 spiro atoms. The molecule has 0 unspecified atom stereocenters. The molecule has 1 amide bonds. The predicted octanol–water partition coefficient (Wildman–Crippen LogP) is 1.49. The van der Waals surface area contributed by atoms with Gasteiger partial charge in [0.15, 0.2) is 0 Å². The third-order valence-corrected chi connectivity index (χ3v) is 4.76. The van der Waals surface area contributed by atoms with E-state index in [2.05, 4.69) is 19.7 Å². The Kier molecular flexibility index (Phi) is 6.29. The van der Waals surface area contributed by atoms with Gasteiger partial charge in [-0.2, -0.15) is 0 Å². The molecule has 0 bridgehead atoms. The lowest BCUT2D eigenvalue weighted by Gasteiger charge is -2.08. The number of amides is 1. The van der Waals surface area contributed by atoms with E-state index in [9.17, 15) is 17.6 Å². The monoisotopic (exact) mass is 375 g/mol. The first kappa shape index (κ1) is 18.4. The summed E-state index contributed by atoms with van der Waals surface area (Å²) < 4.78 is 43.9. The Morgan fingerprint density at radius 1 is 1.38 bits per heavy atom. The van der Waals surface area contributed by atoms with Crippen LogP contribution in [0, 0.1) is 5.82 Å². The van der Waals surface area contributed by atoms with Crippen LogP contribution in [0.2, 0.25) is 5.02 Å². The Balaban J connectivity index is 1.76. The summed E-state index contributed by atoms with van der Waals surface area (Å²) in [7, 11) is -3.94. The average Bonchev–Trinajstić information content (AvgIpc) is 3.05. The zero-order chi connectivity index (χ0) is 17.6. The van der Waals surface area contributed by atoms with Crippen molar-refractivity contribution < 1.29 is 22.1 Å². The SMILES string of the molecule is O=C(CNS(=O)(=O)c1ccc(F)c(Cl)c1)NCCCc1cnoc1. The van der Waals surface area contributed by atoms with E-state index < -0.39 is 28.3 Å². The number of halogens is 2. The minimum atomic E-state index is -3.94. The molecule has 0 aliphatic rings. The smallest absolute Gasteiger partial charge is 0.241 e. The molecule has 2 aromatic rings. The van der Waals surface area contributed by atoms with Crippen molar-refractivity contribution in [3.05, 3.63) is 47.1 Å². The van der Waals surface area contributed by atoms with Crippen LogP contribution in [0.1, 0.15) is 12.0 Å². The molecule has 0 saturated carbocycles.